The Hall–Kier alpha value is -4.01. The lowest BCUT2D eigenvalue weighted by atomic mass is 10.1. The first kappa shape index (κ1) is 18.8. The van der Waals surface area contributed by atoms with Gasteiger partial charge in [0.05, 0.1) is 10.6 Å². The van der Waals surface area contributed by atoms with Crippen molar-refractivity contribution in [1.82, 2.24) is 15.1 Å². The van der Waals surface area contributed by atoms with Gasteiger partial charge in [0.15, 0.2) is 5.69 Å². The van der Waals surface area contributed by atoms with Gasteiger partial charge in [-0.25, -0.2) is 4.68 Å². The van der Waals surface area contributed by atoms with Gasteiger partial charge in [0.2, 0.25) is 5.91 Å². The molecule has 0 saturated carbocycles. The van der Waals surface area contributed by atoms with Gasteiger partial charge in [-0.1, -0.05) is 36.4 Å². The number of primary amides is 1. The maximum Gasteiger partial charge on any atom is 0.272 e. The molecule has 0 aliphatic heterocycles. The van der Waals surface area contributed by atoms with Crippen molar-refractivity contribution >= 4 is 17.5 Å². The predicted octanol–water partition coefficient (Wildman–Crippen LogP) is 1.61. The number of nitro benzene ring substituents is 1. The zero-order valence-electron chi connectivity index (χ0n) is 14.7. The van der Waals surface area contributed by atoms with Crippen molar-refractivity contribution in [2.45, 2.75) is 12.5 Å². The Balaban J connectivity index is 1.75. The molecule has 0 saturated heterocycles. The number of amides is 2. The highest BCUT2D eigenvalue weighted by molar-refractivity contribution is 5.95. The Bertz CT molecular complexity index is 1020. The lowest BCUT2D eigenvalue weighted by molar-refractivity contribution is -0.384. The summed E-state index contributed by atoms with van der Waals surface area (Å²) in [5.41, 5.74) is 6.67. The SMILES string of the molecule is NC(=O)C(Cc1ccccc1)NC(=O)c1ccn(-c2cccc([N+](=O)[O-])c2)n1. The molecule has 3 N–H and O–H groups in total. The molecule has 28 heavy (non-hydrogen) atoms. The van der Waals surface area contributed by atoms with Crippen molar-refractivity contribution in [2.75, 3.05) is 0 Å². The molecule has 0 spiro atoms. The van der Waals surface area contributed by atoms with Gasteiger partial charge in [-0.3, -0.25) is 19.7 Å². The van der Waals surface area contributed by atoms with E-state index in [-0.39, 0.29) is 17.8 Å². The summed E-state index contributed by atoms with van der Waals surface area (Å²) in [5.74, 6) is -1.22. The number of nitrogens with two attached hydrogens (primary N) is 1. The smallest absolute Gasteiger partial charge is 0.272 e. The van der Waals surface area contributed by atoms with Crippen LogP contribution < -0.4 is 11.1 Å². The van der Waals surface area contributed by atoms with Crippen LogP contribution in [0.3, 0.4) is 0 Å². The summed E-state index contributed by atoms with van der Waals surface area (Å²) in [6.45, 7) is 0. The summed E-state index contributed by atoms with van der Waals surface area (Å²) in [5, 5.41) is 17.6. The van der Waals surface area contributed by atoms with E-state index >= 15 is 0 Å². The van der Waals surface area contributed by atoms with Gasteiger partial charge < -0.3 is 11.1 Å². The molecule has 0 aliphatic carbocycles. The Morgan fingerprint density at radius 3 is 2.57 bits per heavy atom. The molecule has 1 atom stereocenters. The molecule has 2 aromatic carbocycles. The minimum atomic E-state index is -0.891. The minimum Gasteiger partial charge on any atom is -0.368 e. The molecular weight excluding hydrogens is 362 g/mol. The van der Waals surface area contributed by atoms with Crippen LogP contribution in [0.25, 0.3) is 5.69 Å². The molecule has 1 unspecified atom stereocenters. The molecule has 1 heterocycles. The van der Waals surface area contributed by atoms with Crippen LogP contribution in [0.2, 0.25) is 0 Å². The zero-order chi connectivity index (χ0) is 20.1. The molecule has 2 amide bonds. The highest BCUT2D eigenvalue weighted by Gasteiger charge is 2.21. The Labute approximate surface area is 159 Å². The van der Waals surface area contributed by atoms with Gasteiger partial charge in [-0.05, 0) is 17.7 Å². The summed E-state index contributed by atoms with van der Waals surface area (Å²) in [4.78, 5) is 34.6. The molecule has 3 rings (SSSR count). The number of aromatic nitrogens is 2. The number of non-ortho nitro benzene ring substituents is 1. The maximum atomic E-state index is 12.5. The third kappa shape index (κ3) is 4.39. The highest BCUT2D eigenvalue weighted by Crippen LogP contribution is 2.16. The summed E-state index contributed by atoms with van der Waals surface area (Å²) in [6, 6.07) is 15.6. The van der Waals surface area contributed by atoms with Gasteiger partial charge in [0, 0.05) is 24.8 Å². The van der Waals surface area contributed by atoms with Crippen LogP contribution in [0.5, 0.6) is 0 Å². The molecule has 0 aliphatic rings. The van der Waals surface area contributed by atoms with Crippen LogP contribution >= 0.6 is 0 Å². The predicted molar refractivity (Wildman–Crippen MR) is 101 cm³/mol. The fourth-order valence-electron chi connectivity index (χ4n) is 2.64. The second-order valence-electron chi connectivity index (χ2n) is 6.04. The zero-order valence-corrected chi connectivity index (χ0v) is 14.7. The maximum absolute atomic E-state index is 12.5. The van der Waals surface area contributed by atoms with Gasteiger partial charge in [0.1, 0.15) is 6.04 Å². The lowest BCUT2D eigenvalue weighted by Crippen LogP contribution is -2.46. The van der Waals surface area contributed by atoms with E-state index in [1.54, 1.807) is 6.07 Å². The number of nitrogens with zero attached hydrogens (tertiary/aromatic N) is 3. The Kier molecular flexibility index (Phi) is 5.45. The van der Waals surface area contributed by atoms with E-state index in [0.717, 1.165) is 5.56 Å². The van der Waals surface area contributed by atoms with E-state index in [0.29, 0.717) is 5.69 Å². The van der Waals surface area contributed by atoms with Gasteiger partial charge in [-0.2, -0.15) is 5.10 Å². The number of rotatable bonds is 7. The van der Waals surface area contributed by atoms with Crippen molar-refractivity contribution < 1.29 is 14.5 Å². The summed E-state index contributed by atoms with van der Waals surface area (Å²) < 4.78 is 1.35. The number of benzene rings is 2. The molecule has 9 heteroatoms. The molecule has 0 bridgehead atoms. The summed E-state index contributed by atoms with van der Waals surface area (Å²) in [7, 11) is 0. The molecular formula is C19H17N5O4. The first-order chi connectivity index (χ1) is 13.4. The van der Waals surface area contributed by atoms with Crippen LogP contribution in [-0.2, 0) is 11.2 Å². The van der Waals surface area contributed by atoms with Crippen LogP contribution in [0.15, 0.2) is 66.9 Å². The fourth-order valence-corrected chi connectivity index (χ4v) is 2.64. The summed E-state index contributed by atoms with van der Waals surface area (Å²) in [6.07, 6.45) is 1.76. The second-order valence-corrected chi connectivity index (χ2v) is 6.04. The van der Waals surface area contributed by atoms with E-state index in [1.807, 2.05) is 30.3 Å². The minimum absolute atomic E-state index is 0.0609. The van der Waals surface area contributed by atoms with Crippen molar-refractivity contribution in [3.05, 3.63) is 88.2 Å². The molecule has 3 aromatic rings. The largest absolute Gasteiger partial charge is 0.368 e. The number of hydrogen-bond acceptors (Lipinski definition) is 5. The van der Waals surface area contributed by atoms with Crippen molar-refractivity contribution in [3.63, 3.8) is 0 Å². The van der Waals surface area contributed by atoms with Crippen molar-refractivity contribution in [3.8, 4) is 5.69 Å². The topological polar surface area (TPSA) is 133 Å². The standard InChI is InChI=1S/C19H17N5O4/c20-18(25)17(11-13-5-2-1-3-6-13)21-19(26)16-9-10-23(22-16)14-7-4-8-15(12-14)24(27)28/h1-10,12,17H,11H2,(H2,20,25)(H,21,26). The Morgan fingerprint density at radius 1 is 1.14 bits per heavy atom. The van der Waals surface area contributed by atoms with E-state index in [1.165, 1.54) is 35.1 Å². The number of nitro groups is 1. The third-order valence-corrected chi connectivity index (χ3v) is 4.06. The van der Waals surface area contributed by atoms with Crippen molar-refractivity contribution in [1.29, 1.82) is 0 Å². The van der Waals surface area contributed by atoms with E-state index in [9.17, 15) is 19.7 Å². The summed E-state index contributed by atoms with van der Waals surface area (Å²) >= 11 is 0. The van der Waals surface area contributed by atoms with E-state index in [2.05, 4.69) is 10.4 Å². The van der Waals surface area contributed by atoms with Crippen LogP contribution in [0.4, 0.5) is 5.69 Å². The molecule has 142 valence electrons. The molecule has 1 aromatic heterocycles. The van der Waals surface area contributed by atoms with Gasteiger partial charge in [-0.15, -0.1) is 0 Å². The average Bonchev–Trinajstić information content (AvgIpc) is 3.18. The number of hydrogen-bond donors (Lipinski definition) is 2. The van der Waals surface area contributed by atoms with Crippen molar-refractivity contribution in [2.24, 2.45) is 5.73 Å². The lowest BCUT2D eigenvalue weighted by Gasteiger charge is -2.14. The first-order valence-electron chi connectivity index (χ1n) is 8.38. The Morgan fingerprint density at radius 2 is 1.89 bits per heavy atom. The third-order valence-electron chi connectivity index (χ3n) is 4.06. The number of carbonyl (C=O) groups is 2. The fraction of sp³-hybridized carbons (Fsp3) is 0.105. The molecule has 9 nitrogen and oxygen atoms in total. The highest BCUT2D eigenvalue weighted by atomic mass is 16.6. The van der Waals surface area contributed by atoms with Crippen LogP contribution in [0, 0.1) is 10.1 Å². The van der Waals surface area contributed by atoms with Crippen LogP contribution in [0.1, 0.15) is 16.1 Å². The van der Waals surface area contributed by atoms with E-state index in [4.69, 9.17) is 5.73 Å². The van der Waals surface area contributed by atoms with Gasteiger partial charge >= 0.3 is 0 Å². The quantitative estimate of drug-likeness (QED) is 0.475. The first-order valence-corrected chi connectivity index (χ1v) is 8.38. The number of carbonyl (C=O) groups excluding carboxylic acids is 2. The monoisotopic (exact) mass is 379 g/mol. The average molecular weight is 379 g/mol. The van der Waals surface area contributed by atoms with Crippen LogP contribution in [-0.4, -0.2) is 32.6 Å². The second kappa shape index (κ2) is 8.12. The molecule has 0 radical (unpaired) electrons. The van der Waals surface area contributed by atoms with Gasteiger partial charge in [0.25, 0.3) is 11.6 Å². The number of nitrogens with one attached hydrogen (secondary N) is 1. The van der Waals surface area contributed by atoms with E-state index < -0.39 is 22.8 Å². The molecule has 0 fully saturated rings. The normalized spacial score (nSPS) is 11.6.